The number of likely N-dealkylation sites (tertiary alicyclic amines) is 1. The van der Waals surface area contributed by atoms with E-state index in [9.17, 15) is 4.79 Å². The van der Waals surface area contributed by atoms with Crippen LogP contribution in [-0.2, 0) is 4.74 Å². The van der Waals surface area contributed by atoms with E-state index in [0.29, 0.717) is 5.92 Å². The van der Waals surface area contributed by atoms with Crippen molar-refractivity contribution in [3.8, 4) is 0 Å². The molecule has 1 amide bonds. The van der Waals surface area contributed by atoms with Gasteiger partial charge in [-0.1, -0.05) is 0 Å². The van der Waals surface area contributed by atoms with Crippen molar-refractivity contribution in [1.82, 2.24) is 4.90 Å². The number of hydrogen-bond acceptors (Lipinski definition) is 3. The Morgan fingerprint density at radius 3 is 2.87 bits per heavy atom. The highest BCUT2D eigenvalue weighted by atomic mass is 16.5. The molecule has 0 radical (unpaired) electrons. The van der Waals surface area contributed by atoms with Crippen molar-refractivity contribution in [2.75, 3.05) is 20.2 Å². The van der Waals surface area contributed by atoms with Gasteiger partial charge >= 0.3 is 6.09 Å². The molecule has 0 aromatic rings. The highest BCUT2D eigenvalue weighted by molar-refractivity contribution is 5.67. The van der Waals surface area contributed by atoms with Crippen molar-refractivity contribution in [2.24, 2.45) is 11.7 Å². The first-order chi connectivity index (χ1) is 7.13. The third-order valence-corrected chi connectivity index (χ3v) is 2.99. The van der Waals surface area contributed by atoms with Gasteiger partial charge in [-0.15, -0.1) is 0 Å². The first kappa shape index (κ1) is 12.3. The maximum atomic E-state index is 11.3. The Morgan fingerprint density at radius 2 is 2.27 bits per heavy atom. The van der Waals surface area contributed by atoms with Crippen LogP contribution in [0.5, 0.6) is 0 Å². The molecule has 2 N–H and O–H groups in total. The second-order valence-electron chi connectivity index (χ2n) is 4.47. The average Bonchev–Trinajstić information content (AvgIpc) is 2.41. The standard InChI is InChI=1S/C11H22N2O2/c1-9(12)8-10-4-3-6-13(7-5-10)11(14)15-2/h9-10H,3-8,12H2,1-2H3. The molecule has 1 rings (SSSR count). The molecule has 1 aliphatic rings. The topological polar surface area (TPSA) is 55.6 Å². The summed E-state index contributed by atoms with van der Waals surface area (Å²) >= 11 is 0. The number of nitrogens with zero attached hydrogens (tertiary/aromatic N) is 1. The normalized spacial score (nSPS) is 24.5. The molecule has 4 nitrogen and oxygen atoms in total. The molecule has 1 saturated heterocycles. The van der Waals surface area contributed by atoms with E-state index in [1.54, 1.807) is 4.90 Å². The highest BCUT2D eigenvalue weighted by Gasteiger charge is 2.21. The number of hydrogen-bond donors (Lipinski definition) is 1. The zero-order valence-electron chi connectivity index (χ0n) is 9.74. The SMILES string of the molecule is COC(=O)N1CCCC(CC(C)N)CC1. The number of carbonyl (C=O) groups excluding carboxylic acids is 1. The van der Waals surface area contributed by atoms with Gasteiger partial charge in [-0.2, -0.15) is 0 Å². The van der Waals surface area contributed by atoms with Gasteiger partial charge in [0.2, 0.25) is 0 Å². The summed E-state index contributed by atoms with van der Waals surface area (Å²) < 4.78 is 4.72. The number of rotatable bonds is 2. The summed E-state index contributed by atoms with van der Waals surface area (Å²) in [6.45, 7) is 3.68. The molecule has 88 valence electrons. The van der Waals surface area contributed by atoms with Gasteiger partial charge in [0.1, 0.15) is 0 Å². The molecule has 0 aromatic heterocycles. The minimum atomic E-state index is -0.198. The summed E-state index contributed by atoms with van der Waals surface area (Å²) in [7, 11) is 1.44. The third kappa shape index (κ3) is 4.08. The number of nitrogens with two attached hydrogens (primary N) is 1. The first-order valence-electron chi connectivity index (χ1n) is 5.72. The predicted molar refractivity (Wildman–Crippen MR) is 59.6 cm³/mol. The van der Waals surface area contributed by atoms with E-state index in [2.05, 4.69) is 0 Å². The maximum Gasteiger partial charge on any atom is 0.409 e. The molecule has 2 atom stereocenters. The Bertz CT molecular complexity index is 207. The lowest BCUT2D eigenvalue weighted by atomic mass is 9.94. The summed E-state index contributed by atoms with van der Waals surface area (Å²) in [4.78, 5) is 13.1. The molecule has 0 saturated carbocycles. The van der Waals surface area contributed by atoms with Crippen LogP contribution < -0.4 is 5.73 Å². The number of carbonyl (C=O) groups is 1. The summed E-state index contributed by atoms with van der Waals surface area (Å²) in [5, 5.41) is 0. The van der Waals surface area contributed by atoms with E-state index < -0.39 is 0 Å². The van der Waals surface area contributed by atoms with Crippen LogP contribution in [-0.4, -0.2) is 37.2 Å². The fourth-order valence-electron chi connectivity index (χ4n) is 2.24. The molecule has 4 heteroatoms. The van der Waals surface area contributed by atoms with Crippen LogP contribution in [0.25, 0.3) is 0 Å². The highest BCUT2D eigenvalue weighted by Crippen LogP contribution is 2.21. The van der Waals surface area contributed by atoms with Crippen LogP contribution in [0, 0.1) is 5.92 Å². The minimum absolute atomic E-state index is 0.198. The van der Waals surface area contributed by atoms with E-state index >= 15 is 0 Å². The lowest BCUT2D eigenvalue weighted by Crippen LogP contribution is -2.31. The van der Waals surface area contributed by atoms with Gasteiger partial charge in [-0.3, -0.25) is 0 Å². The molecular weight excluding hydrogens is 192 g/mol. The van der Waals surface area contributed by atoms with Gasteiger partial charge < -0.3 is 15.4 Å². The Hall–Kier alpha value is -0.770. The fraction of sp³-hybridized carbons (Fsp3) is 0.909. The van der Waals surface area contributed by atoms with Crippen LogP contribution in [0.1, 0.15) is 32.6 Å². The monoisotopic (exact) mass is 214 g/mol. The van der Waals surface area contributed by atoms with Crippen LogP contribution >= 0.6 is 0 Å². The molecule has 0 bridgehead atoms. The summed E-state index contributed by atoms with van der Waals surface area (Å²) in [6, 6.07) is 0.264. The zero-order valence-corrected chi connectivity index (χ0v) is 9.74. The Balaban J connectivity index is 2.38. The Morgan fingerprint density at radius 1 is 1.53 bits per heavy atom. The van der Waals surface area contributed by atoms with Crippen molar-refractivity contribution in [3.63, 3.8) is 0 Å². The van der Waals surface area contributed by atoms with Crippen molar-refractivity contribution in [2.45, 2.75) is 38.6 Å². The zero-order chi connectivity index (χ0) is 11.3. The van der Waals surface area contributed by atoms with Gasteiger partial charge in [0.25, 0.3) is 0 Å². The van der Waals surface area contributed by atoms with Gasteiger partial charge in [0.05, 0.1) is 7.11 Å². The van der Waals surface area contributed by atoms with E-state index in [-0.39, 0.29) is 12.1 Å². The van der Waals surface area contributed by atoms with E-state index in [1.807, 2.05) is 6.92 Å². The summed E-state index contributed by atoms with van der Waals surface area (Å²) in [5.41, 5.74) is 5.79. The third-order valence-electron chi connectivity index (χ3n) is 2.99. The molecule has 1 aliphatic heterocycles. The lowest BCUT2D eigenvalue weighted by molar-refractivity contribution is 0.124. The van der Waals surface area contributed by atoms with Gasteiger partial charge in [-0.05, 0) is 38.5 Å². The average molecular weight is 214 g/mol. The molecule has 1 heterocycles. The van der Waals surface area contributed by atoms with Gasteiger partial charge in [0, 0.05) is 19.1 Å². The largest absolute Gasteiger partial charge is 0.453 e. The van der Waals surface area contributed by atoms with Crippen LogP contribution in [0.2, 0.25) is 0 Å². The molecule has 15 heavy (non-hydrogen) atoms. The Labute approximate surface area is 91.8 Å². The van der Waals surface area contributed by atoms with Crippen molar-refractivity contribution in [3.05, 3.63) is 0 Å². The van der Waals surface area contributed by atoms with Gasteiger partial charge in [0.15, 0.2) is 0 Å². The minimum Gasteiger partial charge on any atom is -0.453 e. The van der Waals surface area contributed by atoms with Crippen molar-refractivity contribution in [1.29, 1.82) is 0 Å². The van der Waals surface area contributed by atoms with Crippen LogP contribution in [0.3, 0.4) is 0 Å². The Kier molecular flexibility index (Phi) is 4.88. The number of ether oxygens (including phenoxy) is 1. The molecule has 1 fully saturated rings. The van der Waals surface area contributed by atoms with E-state index in [4.69, 9.17) is 10.5 Å². The summed E-state index contributed by atoms with van der Waals surface area (Å²) in [5.74, 6) is 0.666. The number of methoxy groups -OCH3 is 1. The van der Waals surface area contributed by atoms with Crippen molar-refractivity contribution >= 4 is 6.09 Å². The van der Waals surface area contributed by atoms with Crippen molar-refractivity contribution < 1.29 is 9.53 Å². The quantitative estimate of drug-likeness (QED) is 0.759. The molecule has 0 spiro atoms. The second-order valence-corrected chi connectivity index (χ2v) is 4.47. The van der Waals surface area contributed by atoms with Crippen LogP contribution in [0.4, 0.5) is 4.79 Å². The molecule has 0 aromatic carbocycles. The molecule has 2 unspecified atom stereocenters. The van der Waals surface area contributed by atoms with E-state index in [0.717, 1.165) is 32.4 Å². The summed E-state index contributed by atoms with van der Waals surface area (Å²) in [6.07, 6.45) is 4.16. The van der Waals surface area contributed by atoms with E-state index in [1.165, 1.54) is 13.5 Å². The van der Waals surface area contributed by atoms with Gasteiger partial charge in [-0.25, -0.2) is 4.79 Å². The second kappa shape index (κ2) is 5.95. The lowest BCUT2D eigenvalue weighted by Gasteiger charge is -2.19. The molecular formula is C11H22N2O2. The predicted octanol–water partition coefficient (Wildman–Crippen LogP) is 1.59. The smallest absolute Gasteiger partial charge is 0.409 e. The molecule has 0 aliphatic carbocycles. The first-order valence-corrected chi connectivity index (χ1v) is 5.72. The number of amides is 1. The fourth-order valence-corrected chi connectivity index (χ4v) is 2.24. The van der Waals surface area contributed by atoms with Crippen LogP contribution in [0.15, 0.2) is 0 Å². The maximum absolute atomic E-state index is 11.3.